The van der Waals surface area contributed by atoms with Crippen LogP contribution in [-0.4, -0.2) is 12.1 Å². The normalized spacial score (nSPS) is 25.5. The minimum Gasteiger partial charge on any atom is -0.365 e. The predicted molar refractivity (Wildman–Crippen MR) is 74.3 cm³/mol. The van der Waals surface area contributed by atoms with Crippen molar-refractivity contribution < 1.29 is 4.39 Å². The van der Waals surface area contributed by atoms with Gasteiger partial charge in [-0.2, -0.15) is 0 Å². The lowest BCUT2D eigenvalue weighted by molar-refractivity contribution is 0.579. The summed E-state index contributed by atoms with van der Waals surface area (Å²) in [5.74, 6) is -0.184. The fourth-order valence-electron chi connectivity index (χ4n) is 3.11. The predicted octanol–water partition coefficient (Wildman–Crippen LogP) is 3.61. The van der Waals surface area contributed by atoms with Crippen LogP contribution in [0.3, 0.4) is 0 Å². The average Bonchev–Trinajstić information content (AvgIpc) is 2.69. The summed E-state index contributed by atoms with van der Waals surface area (Å²) in [5.41, 5.74) is 7.59. The van der Waals surface area contributed by atoms with Crippen LogP contribution in [0, 0.1) is 5.82 Å². The Labute approximate surface area is 109 Å². The minimum absolute atomic E-state index is 0.184. The molecule has 0 aromatic heterocycles. The van der Waals surface area contributed by atoms with Crippen LogP contribution in [0.25, 0.3) is 0 Å². The molecule has 0 bridgehead atoms. The largest absolute Gasteiger partial charge is 0.365 e. The van der Waals surface area contributed by atoms with Crippen LogP contribution in [0.5, 0.6) is 0 Å². The highest BCUT2D eigenvalue weighted by Crippen LogP contribution is 2.36. The molecule has 1 aliphatic heterocycles. The molecule has 0 amide bonds. The molecule has 3 heteroatoms. The minimum atomic E-state index is -0.272. The molecular weight excluding hydrogens is 227 g/mol. The second-order valence-corrected chi connectivity index (χ2v) is 5.36. The molecule has 1 aromatic carbocycles. The van der Waals surface area contributed by atoms with Gasteiger partial charge in [-0.1, -0.05) is 13.0 Å². The number of anilines is 1. The summed E-state index contributed by atoms with van der Waals surface area (Å²) in [7, 11) is 0. The first-order chi connectivity index (χ1) is 8.56. The van der Waals surface area contributed by atoms with E-state index in [0.717, 1.165) is 12.1 Å². The molecule has 1 heterocycles. The van der Waals surface area contributed by atoms with Crippen molar-refractivity contribution in [1.29, 1.82) is 0 Å². The van der Waals surface area contributed by atoms with Crippen LogP contribution in [0.1, 0.15) is 51.6 Å². The lowest BCUT2D eigenvalue weighted by Crippen LogP contribution is -2.35. The lowest BCUT2D eigenvalue weighted by Gasteiger charge is -2.33. The maximum absolute atomic E-state index is 14.0. The van der Waals surface area contributed by atoms with E-state index in [2.05, 4.69) is 18.7 Å². The molecule has 100 valence electrons. The van der Waals surface area contributed by atoms with Gasteiger partial charge >= 0.3 is 0 Å². The Balaban J connectivity index is 2.46. The van der Waals surface area contributed by atoms with Crippen molar-refractivity contribution in [2.45, 2.75) is 58.2 Å². The number of hydrogen-bond donors (Lipinski definition) is 1. The summed E-state index contributed by atoms with van der Waals surface area (Å²) >= 11 is 0. The smallest absolute Gasteiger partial charge is 0.130 e. The number of nitrogens with two attached hydrogens (primary N) is 1. The van der Waals surface area contributed by atoms with E-state index in [1.165, 1.54) is 18.9 Å². The topological polar surface area (TPSA) is 29.3 Å². The van der Waals surface area contributed by atoms with Crippen LogP contribution in [0.15, 0.2) is 18.2 Å². The molecule has 0 radical (unpaired) electrons. The summed E-state index contributed by atoms with van der Waals surface area (Å²) in [5, 5.41) is 0. The highest BCUT2D eigenvalue weighted by Gasteiger charge is 2.31. The summed E-state index contributed by atoms with van der Waals surface area (Å²) < 4.78 is 14.0. The van der Waals surface area contributed by atoms with Crippen LogP contribution in [0.2, 0.25) is 0 Å². The first kappa shape index (κ1) is 13.3. The van der Waals surface area contributed by atoms with Gasteiger partial charge in [-0.25, -0.2) is 4.39 Å². The van der Waals surface area contributed by atoms with E-state index in [1.807, 2.05) is 13.0 Å². The highest BCUT2D eigenvalue weighted by atomic mass is 19.1. The molecule has 1 saturated heterocycles. The van der Waals surface area contributed by atoms with Gasteiger partial charge in [0.2, 0.25) is 0 Å². The molecule has 1 aliphatic rings. The van der Waals surface area contributed by atoms with E-state index in [0.29, 0.717) is 17.6 Å². The van der Waals surface area contributed by atoms with Gasteiger partial charge in [0.25, 0.3) is 0 Å². The molecular formula is C15H23FN2. The molecule has 0 aliphatic carbocycles. The Bertz CT molecular complexity index is 417. The molecule has 0 spiro atoms. The fraction of sp³-hybridized carbons (Fsp3) is 0.600. The van der Waals surface area contributed by atoms with Crippen molar-refractivity contribution in [3.05, 3.63) is 29.6 Å². The van der Waals surface area contributed by atoms with E-state index < -0.39 is 0 Å². The quantitative estimate of drug-likeness (QED) is 0.888. The molecule has 2 unspecified atom stereocenters. The van der Waals surface area contributed by atoms with E-state index in [-0.39, 0.29) is 11.9 Å². The van der Waals surface area contributed by atoms with Gasteiger partial charge in [0, 0.05) is 29.4 Å². The number of benzene rings is 1. The number of nitrogens with zero attached hydrogens (tertiary/aromatic N) is 1. The molecule has 2 nitrogen and oxygen atoms in total. The summed E-state index contributed by atoms with van der Waals surface area (Å²) in [6, 6.07) is 6.00. The van der Waals surface area contributed by atoms with Gasteiger partial charge in [-0.3, -0.25) is 0 Å². The summed E-state index contributed by atoms with van der Waals surface area (Å²) in [4.78, 5) is 2.36. The van der Waals surface area contributed by atoms with E-state index >= 15 is 0 Å². The number of halogens is 1. The van der Waals surface area contributed by atoms with Crippen LogP contribution < -0.4 is 10.6 Å². The van der Waals surface area contributed by atoms with Gasteiger partial charge in [-0.15, -0.1) is 0 Å². The Kier molecular flexibility index (Phi) is 3.91. The maximum atomic E-state index is 14.0. The fourth-order valence-corrected chi connectivity index (χ4v) is 3.11. The first-order valence-corrected chi connectivity index (χ1v) is 6.88. The maximum Gasteiger partial charge on any atom is 0.130 e. The van der Waals surface area contributed by atoms with Crippen LogP contribution in [-0.2, 0) is 0 Å². The van der Waals surface area contributed by atoms with Crippen LogP contribution in [0.4, 0.5) is 10.1 Å². The van der Waals surface area contributed by atoms with Crippen LogP contribution >= 0.6 is 0 Å². The lowest BCUT2D eigenvalue weighted by atomic mass is 10.0. The third kappa shape index (κ3) is 2.24. The van der Waals surface area contributed by atoms with Crippen molar-refractivity contribution in [1.82, 2.24) is 0 Å². The molecule has 2 rings (SSSR count). The molecule has 1 fully saturated rings. The summed E-state index contributed by atoms with van der Waals surface area (Å²) in [6.45, 7) is 6.26. The number of rotatable bonds is 3. The molecule has 0 saturated carbocycles. The molecule has 1 aromatic rings. The average molecular weight is 250 g/mol. The molecule has 2 N–H and O–H groups in total. The zero-order valence-electron chi connectivity index (χ0n) is 11.5. The van der Waals surface area contributed by atoms with Gasteiger partial charge < -0.3 is 10.6 Å². The van der Waals surface area contributed by atoms with Gasteiger partial charge in [-0.05, 0) is 45.2 Å². The highest BCUT2D eigenvalue weighted by molar-refractivity contribution is 5.57. The summed E-state index contributed by atoms with van der Waals surface area (Å²) in [6.07, 6.45) is 3.46. The Morgan fingerprint density at radius 3 is 2.78 bits per heavy atom. The second kappa shape index (κ2) is 5.27. The first-order valence-electron chi connectivity index (χ1n) is 6.88. The zero-order valence-corrected chi connectivity index (χ0v) is 11.5. The SMILES string of the molecule is CCC1CCC(C)N1c1cccc(F)c1[C@H](C)N. The Morgan fingerprint density at radius 2 is 2.17 bits per heavy atom. The van der Waals surface area contributed by atoms with Gasteiger partial charge in [0.1, 0.15) is 5.82 Å². The van der Waals surface area contributed by atoms with Gasteiger partial charge in [0.15, 0.2) is 0 Å². The molecule has 18 heavy (non-hydrogen) atoms. The van der Waals surface area contributed by atoms with Crippen molar-refractivity contribution in [3.8, 4) is 0 Å². The number of hydrogen-bond acceptors (Lipinski definition) is 2. The standard InChI is InChI=1S/C15H23FN2/c1-4-12-9-8-10(2)18(12)14-7-5-6-13(16)15(14)11(3)17/h5-7,10-12H,4,8-9,17H2,1-3H3/t10?,11-,12?/m0/s1. The Hall–Kier alpha value is -1.09. The van der Waals surface area contributed by atoms with Crippen molar-refractivity contribution in [3.63, 3.8) is 0 Å². The van der Waals surface area contributed by atoms with E-state index in [9.17, 15) is 4.39 Å². The molecule has 3 atom stereocenters. The van der Waals surface area contributed by atoms with E-state index in [1.54, 1.807) is 6.07 Å². The second-order valence-electron chi connectivity index (χ2n) is 5.36. The monoisotopic (exact) mass is 250 g/mol. The van der Waals surface area contributed by atoms with E-state index in [4.69, 9.17) is 5.73 Å². The van der Waals surface area contributed by atoms with Crippen molar-refractivity contribution in [2.75, 3.05) is 4.90 Å². The third-order valence-corrected chi connectivity index (χ3v) is 4.02. The van der Waals surface area contributed by atoms with Crippen molar-refractivity contribution >= 4 is 5.69 Å². The Morgan fingerprint density at radius 1 is 1.44 bits per heavy atom. The van der Waals surface area contributed by atoms with Gasteiger partial charge in [0.05, 0.1) is 0 Å². The van der Waals surface area contributed by atoms with Crippen molar-refractivity contribution in [2.24, 2.45) is 5.73 Å². The third-order valence-electron chi connectivity index (χ3n) is 4.02. The zero-order chi connectivity index (χ0) is 13.3.